The maximum atomic E-state index is 12.6. The summed E-state index contributed by atoms with van der Waals surface area (Å²) in [5.41, 5.74) is 0.770. The largest absolute Gasteiger partial charge is 0.447 e. The van der Waals surface area contributed by atoms with E-state index in [9.17, 15) is 9.59 Å². The number of nitrogens with zero attached hydrogens (tertiary/aromatic N) is 3. The van der Waals surface area contributed by atoms with Crippen molar-refractivity contribution in [2.45, 2.75) is 24.9 Å². The SMILES string of the molecule is O=C(c1cccn1C1CC1)N1CCN2C(=O)OCC2C1. The van der Waals surface area contributed by atoms with Gasteiger partial charge in [-0.25, -0.2) is 4.79 Å². The molecular formula is C14H17N3O3. The van der Waals surface area contributed by atoms with Gasteiger partial charge in [0.1, 0.15) is 12.3 Å². The lowest BCUT2D eigenvalue weighted by atomic mass is 10.2. The van der Waals surface area contributed by atoms with Gasteiger partial charge in [0.2, 0.25) is 0 Å². The highest BCUT2D eigenvalue weighted by Crippen LogP contribution is 2.36. The molecule has 3 aliphatic rings. The van der Waals surface area contributed by atoms with E-state index in [0.717, 1.165) is 18.5 Å². The minimum Gasteiger partial charge on any atom is -0.447 e. The number of hydrogen-bond donors (Lipinski definition) is 0. The molecule has 0 spiro atoms. The minimum atomic E-state index is -0.247. The van der Waals surface area contributed by atoms with E-state index in [1.165, 1.54) is 0 Å². The van der Waals surface area contributed by atoms with E-state index in [4.69, 9.17) is 4.74 Å². The van der Waals surface area contributed by atoms with Crippen LogP contribution in [0.4, 0.5) is 4.79 Å². The van der Waals surface area contributed by atoms with Crippen molar-refractivity contribution in [3.63, 3.8) is 0 Å². The van der Waals surface area contributed by atoms with Crippen LogP contribution >= 0.6 is 0 Å². The van der Waals surface area contributed by atoms with Gasteiger partial charge in [-0.1, -0.05) is 0 Å². The first-order valence-corrected chi connectivity index (χ1v) is 7.13. The highest BCUT2D eigenvalue weighted by Gasteiger charge is 2.39. The Morgan fingerprint density at radius 2 is 2.10 bits per heavy atom. The molecular weight excluding hydrogens is 258 g/mol. The van der Waals surface area contributed by atoms with E-state index in [-0.39, 0.29) is 18.0 Å². The Bertz CT molecular complexity index is 564. The number of piperazine rings is 1. The molecule has 2 amide bonds. The second kappa shape index (κ2) is 4.26. The van der Waals surface area contributed by atoms with Crippen molar-refractivity contribution in [3.8, 4) is 0 Å². The van der Waals surface area contributed by atoms with Crippen LogP contribution in [0.1, 0.15) is 29.4 Å². The number of ether oxygens (including phenoxy) is 1. The molecule has 0 radical (unpaired) electrons. The average molecular weight is 275 g/mol. The van der Waals surface area contributed by atoms with E-state index in [1.807, 2.05) is 23.2 Å². The third kappa shape index (κ3) is 1.78. The zero-order valence-corrected chi connectivity index (χ0v) is 11.2. The van der Waals surface area contributed by atoms with Crippen LogP contribution in [0.2, 0.25) is 0 Å². The van der Waals surface area contributed by atoms with Crippen molar-refractivity contribution in [1.29, 1.82) is 0 Å². The van der Waals surface area contributed by atoms with Gasteiger partial charge in [-0.15, -0.1) is 0 Å². The van der Waals surface area contributed by atoms with Crippen LogP contribution in [0.25, 0.3) is 0 Å². The van der Waals surface area contributed by atoms with Crippen molar-refractivity contribution in [2.75, 3.05) is 26.2 Å². The zero-order valence-electron chi connectivity index (χ0n) is 11.2. The minimum absolute atomic E-state index is 0.0181. The summed E-state index contributed by atoms with van der Waals surface area (Å²) >= 11 is 0. The lowest BCUT2D eigenvalue weighted by Gasteiger charge is -2.35. The van der Waals surface area contributed by atoms with E-state index < -0.39 is 0 Å². The van der Waals surface area contributed by atoms with Crippen molar-refractivity contribution >= 4 is 12.0 Å². The van der Waals surface area contributed by atoms with Gasteiger partial charge in [0, 0.05) is 31.9 Å². The van der Waals surface area contributed by atoms with E-state index in [0.29, 0.717) is 32.3 Å². The molecule has 1 saturated carbocycles. The first kappa shape index (κ1) is 11.8. The molecule has 20 heavy (non-hydrogen) atoms. The molecule has 3 fully saturated rings. The quantitative estimate of drug-likeness (QED) is 0.812. The predicted molar refractivity (Wildman–Crippen MR) is 70.4 cm³/mol. The third-order valence-electron chi connectivity index (χ3n) is 4.34. The molecule has 0 aromatic carbocycles. The number of fused-ring (bicyclic) bond motifs is 1. The average Bonchev–Trinajstić information content (AvgIpc) is 3.08. The molecule has 0 bridgehead atoms. The van der Waals surface area contributed by atoms with E-state index in [1.54, 1.807) is 4.90 Å². The van der Waals surface area contributed by atoms with Gasteiger partial charge in [-0.2, -0.15) is 0 Å². The van der Waals surface area contributed by atoms with Gasteiger partial charge in [-0.05, 0) is 25.0 Å². The Balaban J connectivity index is 1.51. The maximum absolute atomic E-state index is 12.6. The summed E-state index contributed by atoms with van der Waals surface area (Å²) in [4.78, 5) is 27.7. The van der Waals surface area contributed by atoms with Crippen molar-refractivity contribution in [2.24, 2.45) is 0 Å². The van der Waals surface area contributed by atoms with Gasteiger partial charge in [0.15, 0.2) is 0 Å². The van der Waals surface area contributed by atoms with Gasteiger partial charge >= 0.3 is 6.09 Å². The summed E-state index contributed by atoms with van der Waals surface area (Å²) in [7, 11) is 0. The number of aromatic nitrogens is 1. The van der Waals surface area contributed by atoms with Crippen molar-refractivity contribution < 1.29 is 14.3 Å². The molecule has 0 N–H and O–H groups in total. The summed E-state index contributed by atoms with van der Waals surface area (Å²) in [6, 6.07) is 4.35. The first-order chi connectivity index (χ1) is 9.74. The van der Waals surface area contributed by atoms with Gasteiger partial charge in [0.25, 0.3) is 5.91 Å². The summed E-state index contributed by atoms with van der Waals surface area (Å²) in [5.74, 6) is 0.0703. The Kier molecular flexibility index (Phi) is 2.52. The molecule has 6 heteroatoms. The smallest absolute Gasteiger partial charge is 0.410 e. The van der Waals surface area contributed by atoms with Crippen LogP contribution in [0.5, 0.6) is 0 Å². The predicted octanol–water partition coefficient (Wildman–Crippen LogP) is 1.10. The number of carbonyl (C=O) groups excluding carboxylic acids is 2. The zero-order chi connectivity index (χ0) is 13.7. The van der Waals surface area contributed by atoms with E-state index in [2.05, 4.69) is 4.57 Å². The number of carbonyl (C=O) groups is 2. The Labute approximate surface area is 116 Å². The monoisotopic (exact) mass is 275 g/mol. The molecule has 1 unspecified atom stereocenters. The first-order valence-electron chi connectivity index (χ1n) is 7.13. The van der Waals surface area contributed by atoms with Crippen molar-refractivity contribution in [3.05, 3.63) is 24.0 Å². The Morgan fingerprint density at radius 1 is 1.25 bits per heavy atom. The number of cyclic esters (lactones) is 1. The molecule has 4 rings (SSSR count). The molecule has 2 saturated heterocycles. The summed E-state index contributed by atoms with van der Waals surface area (Å²) in [6.45, 7) is 2.12. The number of amides is 2. The van der Waals surface area contributed by atoms with Crippen LogP contribution in [0.3, 0.4) is 0 Å². The van der Waals surface area contributed by atoms with E-state index >= 15 is 0 Å². The number of hydrogen-bond acceptors (Lipinski definition) is 3. The van der Waals surface area contributed by atoms with Crippen molar-refractivity contribution in [1.82, 2.24) is 14.4 Å². The molecule has 2 aliphatic heterocycles. The highest BCUT2D eigenvalue weighted by molar-refractivity contribution is 5.93. The normalized spacial score (nSPS) is 25.6. The van der Waals surface area contributed by atoms with Crippen LogP contribution in [-0.2, 0) is 4.74 Å². The molecule has 1 aromatic heterocycles. The second-order valence-electron chi connectivity index (χ2n) is 5.71. The van der Waals surface area contributed by atoms with Gasteiger partial charge < -0.3 is 14.2 Å². The third-order valence-corrected chi connectivity index (χ3v) is 4.34. The maximum Gasteiger partial charge on any atom is 0.410 e. The molecule has 1 atom stereocenters. The molecule has 106 valence electrons. The molecule has 1 aliphatic carbocycles. The molecule has 1 aromatic rings. The lowest BCUT2D eigenvalue weighted by molar-refractivity contribution is 0.0606. The second-order valence-corrected chi connectivity index (χ2v) is 5.71. The van der Waals surface area contributed by atoms with Crippen LogP contribution in [-0.4, -0.2) is 58.7 Å². The fraction of sp³-hybridized carbons (Fsp3) is 0.571. The highest BCUT2D eigenvalue weighted by atomic mass is 16.6. The Hall–Kier alpha value is -1.98. The summed E-state index contributed by atoms with van der Waals surface area (Å²) in [6.07, 6.45) is 4.06. The molecule has 3 heterocycles. The van der Waals surface area contributed by atoms with Gasteiger partial charge in [0.05, 0.1) is 6.04 Å². The molecule has 6 nitrogen and oxygen atoms in total. The number of rotatable bonds is 2. The van der Waals surface area contributed by atoms with Gasteiger partial charge in [-0.3, -0.25) is 9.69 Å². The van der Waals surface area contributed by atoms with Crippen LogP contribution in [0, 0.1) is 0 Å². The van der Waals surface area contributed by atoms with Crippen LogP contribution in [0.15, 0.2) is 18.3 Å². The standard InChI is InChI=1S/C14H17N3O3/c18-13(12-2-1-5-16(12)10-3-4-10)15-6-7-17-11(8-15)9-20-14(17)19/h1-2,5,10-11H,3-4,6-9H2. The Morgan fingerprint density at radius 3 is 2.90 bits per heavy atom. The summed E-state index contributed by atoms with van der Waals surface area (Å²) < 4.78 is 7.12. The fourth-order valence-electron chi connectivity index (χ4n) is 3.08. The summed E-state index contributed by atoms with van der Waals surface area (Å²) in [5, 5.41) is 0. The van der Waals surface area contributed by atoms with Crippen LogP contribution < -0.4 is 0 Å². The topological polar surface area (TPSA) is 54.8 Å². The lowest BCUT2D eigenvalue weighted by Crippen LogP contribution is -2.53. The fourth-order valence-corrected chi connectivity index (χ4v) is 3.08.